The van der Waals surface area contributed by atoms with Gasteiger partial charge < -0.3 is 11.1 Å². The minimum Gasteiger partial charge on any atom is -0.389 e. The summed E-state index contributed by atoms with van der Waals surface area (Å²) in [7, 11) is -3.35. The van der Waals surface area contributed by atoms with E-state index in [9.17, 15) is 13.2 Å². The molecule has 0 aliphatic rings. The van der Waals surface area contributed by atoms with Gasteiger partial charge in [0.15, 0.2) is 9.84 Å². The van der Waals surface area contributed by atoms with E-state index in [2.05, 4.69) is 21.2 Å². The van der Waals surface area contributed by atoms with Crippen molar-refractivity contribution in [3.8, 4) is 0 Å². The Morgan fingerprint density at radius 1 is 1.50 bits per heavy atom. The summed E-state index contributed by atoms with van der Waals surface area (Å²) < 4.78 is 22.5. The van der Waals surface area contributed by atoms with Gasteiger partial charge in [0.2, 0.25) is 5.91 Å². The number of nitrogens with two attached hydrogens (primary N) is 1. The third-order valence-corrected chi connectivity index (χ3v) is 3.60. The van der Waals surface area contributed by atoms with E-state index in [1.54, 1.807) is 18.2 Å². The van der Waals surface area contributed by atoms with Crippen molar-refractivity contribution in [1.29, 1.82) is 0 Å². The fraction of sp³-hybridized carbons (Fsp3) is 0.200. The lowest BCUT2D eigenvalue weighted by Crippen LogP contribution is -2.22. The number of hydrogen-bond acceptors (Lipinski definition) is 4. The maximum atomic E-state index is 11.4. The molecule has 1 aromatic carbocycles. The summed E-state index contributed by atoms with van der Waals surface area (Å²) >= 11 is 8.06. The van der Waals surface area contributed by atoms with Crippen molar-refractivity contribution < 1.29 is 13.2 Å². The summed E-state index contributed by atoms with van der Waals surface area (Å²) in [6.45, 7) is 0. The van der Waals surface area contributed by atoms with E-state index in [1.165, 1.54) is 0 Å². The zero-order valence-corrected chi connectivity index (χ0v) is 12.7. The second-order valence-electron chi connectivity index (χ2n) is 3.68. The predicted octanol–water partition coefficient (Wildman–Crippen LogP) is 1.07. The molecule has 0 saturated heterocycles. The molecule has 1 amide bonds. The maximum absolute atomic E-state index is 11.4. The van der Waals surface area contributed by atoms with Crippen LogP contribution in [0.2, 0.25) is 0 Å². The van der Waals surface area contributed by atoms with Crippen LogP contribution >= 0.6 is 28.1 Å². The number of amides is 1. The number of nitrogens with one attached hydrogen (secondary N) is 1. The Balaban J connectivity index is 2.86. The molecule has 8 heteroatoms. The quantitative estimate of drug-likeness (QED) is 0.792. The number of halogens is 1. The first-order valence-corrected chi connectivity index (χ1v) is 8.02. The normalized spacial score (nSPS) is 11.0. The van der Waals surface area contributed by atoms with Gasteiger partial charge in [-0.25, -0.2) is 8.42 Å². The molecule has 0 atom stereocenters. The van der Waals surface area contributed by atoms with Crippen molar-refractivity contribution in [2.45, 2.75) is 0 Å². The van der Waals surface area contributed by atoms with E-state index < -0.39 is 21.5 Å². The first-order chi connectivity index (χ1) is 8.19. The van der Waals surface area contributed by atoms with Gasteiger partial charge in [-0.2, -0.15) is 0 Å². The highest BCUT2D eigenvalue weighted by Gasteiger charge is 2.12. The van der Waals surface area contributed by atoms with Crippen molar-refractivity contribution in [1.82, 2.24) is 0 Å². The Kier molecular flexibility index (Phi) is 4.83. The van der Waals surface area contributed by atoms with Gasteiger partial charge in [0.1, 0.15) is 10.7 Å². The van der Waals surface area contributed by atoms with E-state index in [0.29, 0.717) is 15.7 Å². The van der Waals surface area contributed by atoms with Crippen LogP contribution in [0.1, 0.15) is 5.56 Å². The van der Waals surface area contributed by atoms with Gasteiger partial charge in [-0.05, 0) is 34.1 Å². The van der Waals surface area contributed by atoms with Crippen LogP contribution in [0.3, 0.4) is 0 Å². The highest BCUT2D eigenvalue weighted by atomic mass is 79.9. The first-order valence-electron chi connectivity index (χ1n) is 4.76. The van der Waals surface area contributed by atoms with Crippen LogP contribution in [0.4, 0.5) is 5.69 Å². The molecule has 3 N–H and O–H groups in total. The third kappa shape index (κ3) is 4.71. The Bertz CT molecular complexity index is 599. The molecule has 0 fully saturated rings. The Labute approximate surface area is 119 Å². The predicted molar refractivity (Wildman–Crippen MR) is 78.4 cm³/mol. The highest BCUT2D eigenvalue weighted by Crippen LogP contribution is 2.23. The fourth-order valence-corrected chi connectivity index (χ4v) is 2.35. The molecule has 0 unspecified atom stereocenters. The number of carbonyl (C=O) groups excluding carboxylic acids is 1. The molecule has 0 aliphatic heterocycles. The third-order valence-electron chi connectivity index (χ3n) is 1.92. The minimum absolute atomic E-state index is 0.240. The number of anilines is 1. The molecule has 0 aromatic heterocycles. The Morgan fingerprint density at radius 3 is 2.56 bits per heavy atom. The first kappa shape index (κ1) is 15.1. The van der Waals surface area contributed by atoms with Crippen molar-refractivity contribution in [3.05, 3.63) is 28.2 Å². The van der Waals surface area contributed by atoms with Crippen LogP contribution in [-0.4, -0.2) is 31.3 Å². The average molecular weight is 351 g/mol. The minimum atomic E-state index is -3.35. The van der Waals surface area contributed by atoms with E-state index in [1.807, 2.05) is 0 Å². The van der Waals surface area contributed by atoms with E-state index >= 15 is 0 Å². The van der Waals surface area contributed by atoms with Gasteiger partial charge in [-0.3, -0.25) is 4.79 Å². The van der Waals surface area contributed by atoms with Crippen molar-refractivity contribution in [2.75, 3.05) is 17.3 Å². The summed E-state index contributed by atoms with van der Waals surface area (Å²) in [5.41, 5.74) is 6.57. The number of hydrogen-bond donors (Lipinski definition) is 2. The number of carbonyl (C=O) groups is 1. The molecule has 0 aliphatic carbocycles. The second-order valence-corrected chi connectivity index (χ2v) is 7.11. The zero-order chi connectivity index (χ0) is 13.9. The highest BCUT2D eigenvalue weighted by molar-refractivity contribution is 9.10. The zero-order valence-electron chi connectivity index (χ0n) is 9.44. The molecular formula is C10H11BrN2O3S2. The monoisotopic (exact) mass is 350 g/mol. The largest absolute Gasteiger partial charge is 0.389 e. The molecule has 0 saturated carbocycles. The van der Waals surface area contributed by atoms with Crippen molar-refractivity contribution in [2.24, 2.45) is 5.73 Å². The molecule has 98 valence electrons. The summed E-state index contributed by atoms with van der Waals surface area (Å²) in [6, 6.07) is 4.89. The Hall–Kier alpha value is -0.990. The number of sulfone groups is 1. The number of thiocarbonyl (C=S) groups is 1. The average Bonchev–Trinajstić information content (AvgIpc) is 2.17. The van der Waals surface area contributed by atoms with E-state index in [0.717, 1.165) is 6.26 Å². The van der Waals surface area contributed by atoms with E-state index in [-0.39, 0.29) is 4.99 Å². The lowest BCUT2D eigenvalue weighted by molar-refractivity contribution is -0.113. The molecule has 1 rings (SSSR count). The molecule has 1 aromatic rings. The van der Waals surface area contributed by atoms with Gasteiger partial charge in [0, 0.05) is 16.3 Å². The Morgan fingerprint density at radius 2 is 2.11 bits per heavy atom. The fourth-order valence-electron chi connectivity index (χ4n) is 1.19. The standard InChI is InChI=1S/C10H11BrN2O3S2/c1-18(15,16)5-9(14)13-8-3-2-6(10(12)17)4-7(8)11/h2-4H,5H2,1H3,(H2,12,17)(H,13,14). The van der Waals surface area contributed by atoms with Crippen molar-refractivity contribution in [3.63, 3.8) is 0 Å². The molecule has 0 radical (unpaired) electrons. The lowest BCUT2D eigenvalue weighted by Gasteiger charge is -2.08. The van der Waals surface area contributed by atoms with Gasteiger partial charge in [-0.15, -0.1) is 0 Å². The smallest absolute Gasteiger partial charge is 0.239 e. The molecule has 0 heterocycles. The molecule has 18 heavy (non-hydrogen) atoms. The van der Waals surface area contributed by atoms with Crippen LogP contribution < -0.4 is 11.1 Å². The van der Waals surface area contributed by atoms with E-state index in [4.69, 9.17) is 18.0 Å². The number of benzene rings is 1. The van der Waals surface area contributed by atoms with Gasteiger partial charge >= 0.3 is 0 Å². The van der Waals surface area contributed by atoms with Crippen molar-refractivity contribution >= 4 is 54.6 Å². The molecule has 0 bridgehead atoms. The molecule has 5 nitrogen and oxygen atoms in total. The van der Waals surface area contributed by atoms with Crippen LogP contribution in [0, 0.1) is 0 Å². The van der Waals surface area contributed by atoms with Crippen LogP contribution in [-0.2, 0) is 14.6 Å². The number of rotatable bonds is 4. The SMILES string of the molecule is CS(=O)(=O)CC(=O)Nc1ccc(C(N)=S)cc1Br. The summed E-state index contributed by atoms with van der Waals surface area (Å²) in [4.78, 5) is 11.7. The topological polar surface area (TPSA) is 89.3 Å². The second kappa shape index (κ2) is 5.77. The lowest BCUT2D eigenvalue weighted by atomic mass is 10.2. The van der Waals surface area contributed by atoms with Crippen LogP contribution in [0.5, 0.6) is 0 Å². The summed E-state index contributed by atoms with van der Waals surface area (Å²) in [5, 5.41) is 2.48. The molecular weight excluding hydrogens is 340 g/mol. The molecule has 0 spiro atoms. The van der Waals surface area contributed by atoms with Crippen LogP contribution in [0.25, 0.3) is 0 Å². The summed E-state index contributed by atoms with van der Waals surface area (Å²) in [6.07, 6.45) is 0.998. The van der Waals surface area contributed by atoms with Gasteiger partial charge in [-0.1, -0.05) is 12.2 Å². The maximum Gasteiger partial charge on any atom is 0.239 e. The van der Waals surface area contributed by atoms with Crippen LogP contribution in [0.15, 0.2) is 22.7 Å². The van der Waals surface area contributed by atoms with Gasteiger partial charge in [0.25, 0.3) is 0 Å². The summed E-state index contributed by atoms with van der Waals surface area (Å²) in [5.74, 6) is -1.16. The van der Waals surface area contributed by atoms with Gasteiger partial charge in [0.05, 0.1) is 5.69 Å².